The number of hydrogen-bond acceptors (Lipinski definition) is 7. The summed E-state index contributed by atoms with van der Waals surface area (Å²) in [5.41, 5.74) is 2.45. The largest absolute Gasteiger partial charge is 0.508 e. The number of phenols is 1. The van der Waals surface area contributed by atoms with Crippen molar-refractivity contribution >= 4 is 28.9 Å². The number of amides is 1. The Labute approximate surface area is 181 Å². The Kier molecular flexibility index (Phi) is 4.72. The minimum absolute atomic E-state index is 0.112. The molecule has 0 saturated carbocycles. The van der Waals surface area contributed by atoms with Gasteiger partial charge in [-0.3, -0.25) is 9.78 Å². The molecule has 4 aromatic rings. The Balaban J connectivity index is 1.62. The molecule has 4 heterocycles. The van der Waals surface area contributed by atoms with Crippen LogP contribution in [0.2, 0.25) is 0 Å². The third-order valence-electron chi connectivity index (χ3n) is 4.94. The van der Waals surface area contributed by atoms with Gasteiger partial charge in [0.05, 0.1) is 22.3 Å². The molecule has 1 aromatic carbocycles. The number of phenolic OH excluding ortho intramolecular Hbond substituents is 1. The lowest BCUT2D eigenvalue weighted by Gasteiger charge is -2.28. The van der Waals surface area contributed by atoms with Gasteiger partial charge in [0, 0.05) is 11.9 Å². The molecule has 0 fully saturated rings. The van der Waals surface area contributed by atoms with Crippen molar-refractivity contribution in [3.63, 3.8) is 0 Å². The fourth-order valence-corrected chi connectivity index (χ4v) is 4.25. The van der Waals surface area contributed by atoms with E-state index in [1.807, 2.05) is 30.5 Å². The molecule has 154 valence electrons. The van der Waals surface area contributed by atoms with E-state index in [0.29, 0.717) is 28.7 Å². The Morgan fingerprint density at radius 1 is 1.23 bits per heavy atom. The van der Waals surface area contributed by atoms with E-state index in [1.165, 1.54) is 0 Å². The van der Waals surface area contributed by atoms with Crippen LogP contribution in [0.15, 0.2) is 77.6 Å². The fourth-order valence-electron chi connectivity index (χ4n) is 3.59. The molecule has 3 N–H and O–H groups in total. The number of anilines is 2. The topological polar surface area (TPSA) is 105 Å². The Morgan fingerprint density at radius 2 is 2.13 bits per heavy atom. The second kappa shape index (κ2) is 7.69. The van der Waals surface area contributed by atoms with Crippen LogP contribution >= 0.6 is 11.3 Å². The van der Waals surface area contributed by atoms with Gasteiger partial charge in [-0.15, -0.1) is 16.4 Å². The van der Waals surface area contributed by atoms with Crippen molar-refractivity contribution in [1.82, 2.24) is 19.7 Å². The fraction of sp³-hybridized carbons (Fsp3) is 0.0909. The van der Waals surface area contributed by atoms with Gasteiger partial charge in [-0.05, 0) is 48.2 Å². The van der Waals surface area contributed by atoms with Crippen LogP contribution in [0.5, 0.6) is 5.75 Å². The molecule has 1 atom stereocenters. The number of thiophene rings is 1. The third-order valence-corrected chi connectivity index (χ3v) is 5.81. The molecule has 8 nitrogen and oxygen atoms in total. The number of allylic oxidation sites excluding steroid dienone is 1. The summed E-state index contributed by atoms with van der Waals surface area (Å²) in [6.45, 7) is 1.83. The van der Waals surface area contributed by atoms with Gasteiger partial charge in [0.1, 0.15) is 11.8 Å². The van der Waals surface area contributed by atoms with E-state index < -0.39 is 6.04 Å². The van der Waals surface area contributed by atoms with Gasteiger partial charge in [0.2, 0.25) is 5.95 Å². The highest BCUT2D eigenvalue weighted by atomic mass is 32.1. The predicted molar refractivity (Wildman–Crippen MR) is 119 cm³/mol. The van der Waals surface area contributed by atoms with Crippen LogP contribution in [0.25, 0.3) is 10.7 Å². The number of fused-ring (bicyclic) bond motifs is 1. The number of pyridine rings is 1. The number of benzene rings is 1. The summed E-state index contributed by atoms with van der Waals surface area (Å²) in [6.07, 6.45) is 3.23. The zero-order valence-electron chi connectivity index (χ0n) is 16.5. The van der Waals surface area contributed by atoms with Gasteiger partial charge in [-0.1, -0.05) is 18.2 Å². The second-order valence-electron chi connectivity index (χ2n) is 7.04. The minimum Gasteiger partial charge on any atom is -0.508 e. The molecule has 1 aliphatic heterocycles. The summed E-state index contributed by atoms with van der Waals surface area (Å²) < 4.78 is 1.69. The molecule has 1 amide bonds. The Bertz CT molecular complexity index is 1280. The average molecular weight is 430 g/mol. The third kappa shape index (κ3) is 3.55. The van der Waals surface area contributed by atoms with Gasteiger partial charge in [0.25, 0.3) is 5.91 Å². The normalized spacial score (nSPS) is 15.3. The first kappa shape index (κ1) is 19.0. The van der Waals surface area contributed by atoms with Crippen LogP contribution in [-0.4, -0.2) is 30.8 Å². The maximum atomic E-state index is 13.3. The molecule has 1 unspecified atom stereocenters. The highest BCUT2D eigenvalue weighted by Gasteiger charge is 2.34. The molecule has 9 heteroatoms. The first-order chi connectivity index (χ1) is 15.1. The van der Waals surface area contributed by atoms with E-state index in [9.17, 15) is 9.90 Å². The van der Waals surface area contributed by atoms with Crippen LogP contribution < -0.4 is 10.6 Å². The highest BCUT2D eigenvalue weighted by Crippen LogP contribution is 2.38. The van der Waals surface area contributed by atoms with E-state index in [2.05, 4.69) is 20.6 Å². The van der Waals surface area contributed by atoms with Gasteiger partial charge in [0.15, 0.2) is 5.82 Å². The van der Waals surface area contributed by atoms with Crippen molar-refractivity contribution in [1.29, 1.82) is 0 Å². The van der Waals surface area contributed by atoms with Crippen molar-refractivity contribution in [2.45, 2.75) is 13.0 Å². The van der Waals surface area contributed by atoms with E-state index in [1.54, 1.807) is 58.7 Å². The number of carbonyl (C=O) groups excluding carboxylic acids is 1. The van der Waals surface area contributed by atoms with Crippen molar-refractivity contribution in [3.05, 3.63) is 83.1 Å². The number of rotatable bonds is 4. The van der Waals surface area contributed by atoms with Gasteiger partial charge >= 0.3 is 0 Å². The van der Waals surface area contributed by atoms with Crippen LogP contribution in [0.4, 0.5) is 11.6 Å². The SMILES string of the molecule is CC1=C(C(=O)Nc2cccnc2)C(c2cccc(O)c2)n2nc(-c3cccs3)nc2N1. The lowest BCUT2D eigenvalue weighted by Crippen LogP contribution is -2.31. The molecule has 0 aliphatic carbocycles. The Morgan fingerprint density at radius 3 is 2.87 bits per heavy atom. The highest BCUT2D eigenvalue weighted by molar-refractivity contribution is 7.13. The summed E-state index contributed by atoms with van der Waals surface area (Å²) in [6, 6.07) is 13.7. The lowest BCUT2D eigenvalue weighted by atomic mass is 9.95. The van der Waals surface area contributed by atoms with Crippen molar-refractivity contribution < 1.29 is 9.90 Å². The van der Waals surface area contributed by atoms with E-state index in [-0.39, 0.29) is 11.7 Å². The van der Waals surface area contributed by atoms with Gasteiger partial charge in [-0.2, -0.15) is 4.98 Å². The number of carbonyl (C=O) groups is 1. The molecule has 5 rings (SSSR count). The van der Waals surface area contributed by atoms with Crippen LogP contribution in [-0.2, 0) is 4.79 Å². The molecule has 3 aromatic heterocycles. The summed E-state index contributed by atoms with van der Waals surface area (Å²) in [5.74, 6) is 0.933. The Hall–Kier alpha value is -3.98. The molecule has 1 aliphatic rings. The van der Waals surface area contributed by atoms with Crippen LogP contribution in [0.3, 0.4) is 0 Å². The number of hydrogen-bond donors (Lipinski definition) is 3. The maximum absolute atomic E-state index is 13.3. The molecule has 0 spiro atoms. The first-order valence-electron chi connectivity index (χ1n) is 9.58. The second-order valence-corrected chi connectivity index (χ2v) is 7.99. The quantitative estimate of drug-likeness (QED) is 0.451. The van der Waals surface area contributed by atoms with Crippen LogP contribution in [0, 0.1) is 0 Å². The number of aromatic nitrogens is 4. The smallest absolute Gasteiger partial charge is 0.255 e. The van der Waals surface area contributed by atoms with E-state index in [4.69, 9.17) is 5.10 Å². The number of nitrogens with one attached hydrogen (secondary N) is 2. The average Bonchev–Trinajstić information content (AvgIpc) is 3.43. The van der Waals surface area contributed by atoms with Crippen molar-refractivity contribution in [2.75, 3.05) is 10.6 Å². The van der Waals surface area contributed by atoms with Gasteiger partial charge < -0.3 is 15.7 Å². The molecular formula is C22H18N6O2S. The predicted octanol–water partition coefficient (Wildman–Crippen LogP) is 4.03. The van der Waals surface area contributed by atoms with Crippen molar-refractivity contribution in [2.24, 2.45) is 0 Å². The lowest BCUT2D eigenvalue weighted by molar-refractivity contribution is -0.113. The molecule has 0 saturated heterocycles. The summed E-state index contributed by atoms with van der Waals surface area (Å²) in [4.78, 5) is 22.9. The summed E-state index contributed by atoms with van der Waals surface area (Å²) in [7, 11) is 0. The molecular weight excluding hydrogens is 412 g/mol. The van der Waals surface area contributed by atoms with Crippen LogP contribution in [0.1, 0.15) is 18.5 Å². The zero-order valence-corrected chi connectivity index (χ0v) is 17.3. The zero-order chi connectivity index (χ0) is 21.4. The number of aromatic hydroxyl groups is 1. The standard InChI is InChI=1S/C22H18N6O2S/c1-13-18(21(30)25-15-6-3-9-23-12-15)19(14-5-2-7-16(29)11-14)28-22(24-13)26-20(27-28)17-8-4-10-31-17/h2-12,19,29H,1H3,(H,25,30)(H,24,26,27). The van der Waals surface area contributed by atoms with Crippen molar-refractivity contribution in [3.8, 4) is 16.5 Å². The molecule has 0 bridgehead atoms. The van der Waals surface area contributed by atoms with Gasteiger partial charge in [-0.25, -0.2) is 4.68 Å². The minimum atomic E-state index is -0.568. The monoisotopic (exact) mass is 430 g/mol. The van der Waals surface area contributed by atoms with E-state index in [0.717, 1.165) is 10.4 Å². The molecule has 31 heavy (non-hydrogen) atoms. The van der Waals surface area contributed by atoms with E-state index >= 15 is 0 Å². The maximum Gasteiger partial charge on any atom is 0.255 e. The summed E-state index contributed by atoms with van der Waals surface area (Å²) in [5, 5.41) is 22.9. The summed E-state index contributed by atoms with van der Waals surface area (Å²) >= 11 is 1.54. The number of nitrogens with zero attached hydrogens (tertiary/aromatic N) is 4. The molecule has 0 radical (unpaired) electrons. The first-order valence-corrected chi connectivity index (χ1v) is 10.5.